The summed E-state index contributed by atoms with van der Waals surface area (Å²) in [6.45, 7) is 4.80. The average Bonchev–Trinajstić information content (AvgIpc) is 2.79. The molecule has 0 aliphatic carbocycles. The van der Waals surface area contributed by atoms with E-state index in [9.17, 15) is 9.59 Å². The van der Waals surface area contributed by atoms with E-state index in [0.29, 0.717) is 26.0 Å². The van der Waals surface area contributed by atoms with Gasteiger partial charge in [-0.2, -0.15) is 0 Å². The first-order chi connectivity index (χ1) is 9.47. The van der Waals surface area contributed by atoms with Crippen LogP contribution in [0.3, 0.4) is 0 Å². The van der Waals surface area contributed by atoms with E-state index in [0.717, 1.165) is 12.8 Å². The van der Waals surface area contributed by atoms with Gasteiger partial charge in [-0.05, 0) is 25.7 Å². The van der Waals surface area contributed by atoms with Gasteiger partial charge in [-0.3, -0.25) is 4.79 Å². The van der Waals surface area contributed by atoms with Gasteiger partial charge in [0.25, 0.3) is 0 Å². The van der Waals surface area contributed by atoms with Crippen LogP contribution in [0.1, 0.15) is 39.5 Å². The highest BCUT2D eigenvalue weighted by Gasteiger charge is 2.34. The maximum absolute atomic E-state index is 12.3. The van der Waals surface area contributed by atoms with Gasteiger partial charge in [0, 0.05) is 33.6 Å². The third kappa shape index (κ3) is 5.21. The Morgan fingerprint density at radius 2 is 2.05 bits per heavy atom. The molecule has 0 saturated carbocycles. The number of Topliss-reactive ketones (excluding diaryl/α,β-unsaturated/α-hetero) is 1. The number of nitrogens with zero attached hydrogens (tertiary/aromatic N) is 1. The molecule has 1 rings (SSSR count). The van der Waals surface area contributed by atoms with Crippen LogP contribution in [0.5, 0.6) is 0 Å². The summed E-state index contributed by atoms with van der Waals surface area (Å²) in [6, 6.07) is 0.112. The van der Waals surface area contributed by atoms with E-state index in [2.05, 4.69) is 0 Å². The highest BCUT2D eigenvalue weighted by molar-refractivity contribution is 5.77. The van der Waals surface area contributed by atoms with Gasteiger partial charge in [0.2, 0.25) is 5.91 Å². The largest absolute Gasteiger partial charge is 0.383 e. The molecule has 5 heteroatoms. The van der Waals surface area contributed by atoms with Crippen LogP contribution >= 0.6 is 0 Å². The molecular formula is C15H27NO4. The minimum atomic E-state index is 0.105. The molecule has 5 nitrogen and oxygen atoms in total. The van der Waals surface area contributed by atoms with Crippen molar-refractivity contribution in [2.75, 3.05) is 27.4 Å². The van der Waals surface area contributed by atoms with E-state index in [4.69, 9.17) is 9.47 Å². The maximum Gasteiger partial charge on any atom is 0.222 e. The summed E-state index contributed by atoms with van der Waals surface area (Å²) in [7, 11) is 3.33. The van der Waals surface area contributed by atoms with E-state index in [-0.39, 0.29) is 29.8 Å². The van der Waals surface area contributed by atoms with Crippen LogP contribution in [-0.2, 0) is 19.1 Å². The Balaban J connectivity index is 2.46. The molecule has 0 spiro atoms. The van der Waals surface area contributed by atoms with E-state index in [1.807, 2.05) is 11.8 Å². The normalized spacial score (nSPS) is 23.9. The summed E-state index contributed by atoms with van der Waals surface area (Å²) in [5.41, 5.74) is 0. The van der Waals surface area contributed by atoms with Crippen molar-refractivity contribution in [2.45, 2.75) is 51.7 Å². The lowest BCUT2D eigenvalue weighted by Gasteiger charge is -2.24. The molecule has 3 unspecified atom stereocenters. The van der Waals surface area contributed by atoms with Crippen molar-refractivity contribution in [3.8, 4) is 0 Å². The molecule has 1 aliphatic heterocycles. The second-order valence-corrected chi connectivity index (χ2v) is 5.80. The number of carbonyl (C=O) groups is 2. The quantitative estimate of drug-likeness (QED) is 0.680. The highest BCUT2D eigenvalue weighted by atomic mass is 16.5. The van der Waals surface area contributed by atoms with Crippen LogP contribution in [0.25, 0.3) is 0 Å². The molecule has 1 heterocycles. The molecular weight excluding hydrogens is 258 g/mol. The van der Waals surface area contributed by atoms with Gasteiger partial charge in [-0.15, -0.1) is 0 Å². The average molecular weight is 285 g/mol. The number of ether oxygens (including phenoxy) is 2. The Hall–Kier alpha value is -0.940. The molecule has 0 aromatic carbocycles. The van der Waals surface area contributed by atoms with Crippen molar-refractivity contribution in [2.24, 2.45) is 5.92 Å². The van der Waals surface area contributed by atoms with E-state index in [1.165, 1.54) is 0 Å². The number of amides is 1. The Morgan fingerprint density at radius 3 is 2.60 bits per heavy atom. The molecule has 116 valence electrons. The van der Waals surface area contributed by atoms with E-state index < -0.39 is 0 Å². The number of carbonyl (C=O) groups excluding carboxylic acids is 2. The molecule has 3 atom stereocenters. The number of hydrogen-bond acceptors (Lipinski definition) is 4. The highest BCUT2D eigenvalue weighted by Crippen LogP contribution is 2.22. The standard InChI is InChI=1S/C15H27NO4/c1-11(7-12(2)17)5-6-15(18)16-9-14(20-4)8-13(16)10-19-3/h11,13-14H,5-10H2,1-4H3. The van der Waals surface area contributed by atoms with Gasteiger partial charge in [-0.25, -0.2) is 0 Å². The molecule has 1 amide bonds. The fraction of sp³-hybridized carbons (Fsp3) is 0.867. The molecule has 20 heavy (non-hydrogen) atoms. The van der Waals surface area contributed by atoms with Gasteiger partial charge in [0.05, 0.1) is 18.8 Å². The molecule has 0 N–H and O–H groups in total. The summed E-state index contributed by atoms with van der Waals surface area (Å²) >= 11 is 0. The molecule has 1 fully saturated rings. The fourth-order valence-electron chi connectivity index (χ4n) is 2.81. The molecule has 1 aliphatic rings. The van der Waals surface area contributed by atoms with Gasteiger partial charge < -0.3 is 19.2 Å². The number of methoxy groups -OCH3 is 2. The zero-order valence-electron chi connectivity index (χ0n) is 13.1. The maximum atomic E-state index is 12.3. The van der Waals surface area contributed by atoms with Gasteiger partial charge in [-0.1, -0.05) is 6.92 Å². The number of rotatable bonds is 8. The van der Waals surface area contributed by atoms with E-state index in [1.54, 1.807) is 21.1 Å². The topological polar surface area (TPSA) is 55.8 Å². The molecule has 0 aromatic heterocycles. The summed E-state index contributed by atoms with van der Waals surface area (Å²) in [5.74, 6) is 0.586. The molecule has 0 radical (unpaired) electrons. The first-order valence-electron chi connectivity index (χ1n) is 7.28. The van der Waals surface area contributed by atoms with Gasteiger partial charge >= 0.3 is 0 Å². The zero-order chi connectivity index (χ0) is 15.1. The second kappa shape index (κ2) is 8.37. The van der Waals surface area contributed by atoms with Gasteiger partial charge in [0.15, 0.2) is 0 Å². The lowest BCUT2D eigenvalue weighted by atomic mass is 9.99. The van der Waals surface area contributed by atoms with Crippen molar-refractivity contribution >= 4 is 11.7 Å². The van der Waals surface area contributed by atoms with Crippen molar-refractivity contribution in [1.82, 2.24) is 4.90 Å². The summed E-state index contributed by atoms with van der Waals surface area (Å²) in [4.78, 5) is 25.2. The smallest absolute Gasteiger partial charge is 0.222 e. The van der Waals surface area contributed by atoms with Crippen molar-refractivity contribution in [1.29, 1.82) is 0 Å². The van der Waals surface area contributed by atoms with E-state index >= 15 is 0 Å². The van der Waals surface area contributed by atoms with Crippen LogP contribution in [0.15, 0.2) is 0 Å². The lowest BCUT2D eigenvalue weighted by Crippen LogP contribution is -2.38. The summed E-state index contributed by atoms with van der Waals surface area (Å²) in [5, 5.41) is 0. The Morgan fingerprint density at radius 1 is 1.35 bits per heavy atom. The van der Waals surface area contributed by atoms with Crippen molar-refractivity contribution in [3.63, 3.8) is 0 Å². The summed E-state index contributed by atoms with van der Waals surface area (Å²) < 4.78 is 10.5. The number of hydrogen-bond donors (Lipinski definition) is 0. The SMILES string of the molecule is COCC1CC(OC)CN1C(=O)CCC(C)CC(C)=O. The van der Waals surface area contributed by atoms with Crippen LogP contribution in [0, 0.1) is 5.92 Å². The number of likely N-dealkylation sites (tertiary alicyclic amines) is 1. The minimum Gasteiger partial charge on any atom is -0.383 e. The third-order valence-electron chi connectivity index (χ3n) is 3.88. The monoisotopic (exact) mass is 285 g/mol. The summed E-state index contributed by atoms with van der Waals surface area (Å²) in [6.07, 6.45) is 2.74. The second-order valence-electron chi connectivity index (χ2n) is 5.80. The molecule has 1 saturated heterocycles. The Bertz CT molecular complexity index is 332. The predicted octanol–water partition coefficient (Wildman–Crippen LogP) is 1.64. The first kappa shape index (κ1) is 17.1. The van der Waals surface area contributed by atoms with Gasteiger partial charge in [0.1, 0.15) is 5.78 Å². The third-order valence-corrected chi connectivity index (χ3v) is 3.88. The molecule has 0 aromatic rings. The van der Waals surface area contributed by atoms with Crippen molar-refractivity contribution < 1.29 is 19.1 Å². The predicted molar refractivity (Wildman–Crippen MR) is 76.5 cm³/mol. The minimum absolute atomic E-state index is 0.105. The number of ketones is 1. The Labute approximate surface area is 121 Å². The zero-order valence-corrected chi connectivity index (χ0v) is 13.1. The fourth-order valence-corrected chi connectivity index (χ4v) is 2.81. The lowest BCUT2D eigenvalue weighted by molar-refractivity contribution is -0.133. The van der Waals surface area contributed by atoms with Crippen molar-refractivity contribution in [3.05, 3.63) is 0 Å². The molecule has 0 bridgehead atoms. The Kier molecular flexibility index (Phi) is 7.16. The van der Waals surface area contributed by atoms with Crippen LogP contribution < -0.4 is 0 Å². The first-order valence-corrected chi connectivity index (χ1v) is 7.28. The van der Waals surface area contributed by atoms with Crippen LogP contribution in [0.4, 0.5) is 0 Å². The van der Waals surface area contributed by atoms with Crippen LogP contribution in [0.2, 0.25) is 0 Å². The van der Waals surface area contributed by atoms with Crippen LogP contribution in [-0.4, -0.2) is 56.1 Å².